The van der Waals surface area contributed by atoms with Crippen LogP contribution in [0.4, 0.5) is 5.69 Å². The zero-order chi connectivity index (χ0) is 11.7. The average Bonchev–Trinajstić information content (AvgIpc) is 2.83. The van der Waals surface area contributed by atoms with Gasteiger partial charge in [-0.15, -0.1) is 5.10 Å². The molecule has 0 atom stereocenters. The third-order valence-corrected chi connectivity index (χ3v) is 2.92. The number of carbonyl (C=O) groups excluding carboxylic acids is 1. The van der Waals surface area contributed by atoms with Crippen molar-refractivity contribution in [1.29, 1.82) is 0 Å². The van der Waals surface area contributed by atoms with Crippen LogP contribution in [0.1, 0.15) is 16.1 Å². The highest BCUT2D eigenvalue weighted by molar-refractivity contribution is 6.05. The molecular formula is C13H11N3O. The number of aromatic nitrogens is 2. The first-order chi connectivity index (χ1) is 8.36. The smallest absolute Gasteiger partial charge is 0.278 e. The van der Waals surface area contributed by atoms with E-state index in [1.54, 1.807) is 23.2 Å². The normalized spacial score (nSPS) is 13.5. The molecule has 4 heteroatoms. The summed E-state index contributed by atoms with van der Waals surface area (Å²) in [6.07, 6.45) is 2.47. The van der Waals surface area contributed by atoms with Crippen LogP contribution in [0.3, 0.4) is 0 Å². The van der Waals surface area contributed by atoms with Gasteiger partial charge in [0, 0.05) is 18.4 Å². The molecule has 0 aliphatic carbocycles. The number of anilines is 1. The number of hydrogen-bond acceptors (Lipinski definition) is 3. The summed E-state index contributed by atoms with van der Waals surface area (Å²) in [6.45, 7) is 0.717. The number of fused-ring (bicyclic) bond motifs is 1. The maximum absolute atomic E-state index is 12.2. The molecule has 0 bridgehead atoms. The fourth-order valence-electron chi connectivity index (χ4n) is 2.10. The molecule has 0 fully saturated rings. The number of benzene rings is 1. The lowest BCUT2D eigenvalue weighted by atomic mass is 10.2. The maximum atomic E-state index is 12.2. The molecule has 1 aromatic carbocycles. The van der Waals surface area contributed by atoms with E-state index in [1.165, 1.54) is 5.56 Å². The monoisotopic (exact) mass is 225 g/mol. The van der Waals surface area contributed by atoms with E-state index in [4.69, 9.17) is 0 Å². The summed E-state index contributed by atoms with van der Waals surface area (Å²) in [7, 11) is 0. The quantitative estimate of drug-likeness (QED) is 0.741. The Hall–Kier alpha value is -2.23. The lowest BCUT2D eigenvalue weighted by Crippen LogP contribution is -2.29. The molecule has 1 aliphatic heterocycles. The standard InChI is InChI=1S/C13H11N3O/c17-13(11-5-3-8-14-15-11)16-9-7-10-4-1-2-6-12(10)16/h1-6,8H,7,9H2. The summed E-state index contributed by atoms with van der Waals surface area (Å²) in [4.78, 5) is 14.0. The molecule has 3 rings (SSSR count). The fraction of sp³-hybridized carbons (Fsp3) is 0.154. The van der Waals surface area contributed by atoms with Gasteiger partial charge in [0.25, 0.3) is 5.91 Å². The van der Waals surface area contributed by atoms with Gasteiger partial charge in [-0.1, -0.05) is 18.2 Å². The highest BCUT2D eigenvalue weighted by atomic mass is 16.2. The van der Waals surface area contributed by atoms with Gasteiger partial charge in [-0.2, -0.15) is 5.10 Å². The summed E-state index contributed by atoms with van der Waals surface area (Å²) in [5.74, 6) is -0.0805. The van der Waals surface area contributed by atoms with Gasteiger partial charge in [-0.05, 0) is 30.2 Å². The first-order valence-corrected chi connectivity index (χ1v) is 5.54. The number of rotatable bonds is 1. The third kappa shape index (κ3) is 1.67. The lowest BCUT2D eigenvalue weighted by Gasteiger charge is -2.16. The average molecular weight is 225 g/mol. The largest absolute Gasteiger partial charge is 0.306 e. The van der Waals surface area contributed by atoms with Gasteiger partial charge in [-0.25, -0.2) is 0 Å². The van der Waals surface area contributed by atoms with Crippen LogP contribution in [0.25, 0.3) is 0 Å². The van der Waals surface area contributed by atoms with Crippen LogP contribution in [0.2, 0.25) is 0 Å². The maximum Gasteiger partial charge on any atom is 0.278 e. The Morgan fingerprint density at radius 3 is 2.88 bits per heavy atom. The minimum absolute atomic E-state index is 0.0805. The molecule has 0 radical (unpaired) electrons. The van der Waals surface area contributed by atoms with Crippen molar-refractivity contribution in [1.82, 2.24) is 10.2 Å². The second-order valence-corrected chi connectivity index (χ2v) is 3.94. The van der Waals surface area contributed by atoms with Crippen molar-refractivity contribution in [2.45, 2.75) is 6.42 Å². The van der Waals surface area contributed by atoms with E-state index in [-0.39, 0.29) is 5.91 Å². The first-order valence-electron chi connectivity index (χ1n) is 5.54. The minimum atomic E-state index is -0.0805. The van der Waals surface area contributed by atoms with Crippen molar-refractivity contribution in [3.05, 3.63) is 53.9 Å². The third-order valence-electron chi connectivity index (χ3n) is 2.92. The zero-order valence-electron chi connectivity index (χ0n) is 9.21. The molecule has 0 saturated carbocycles. The molecule has 0 saturated heterocycles. The molecule has 1 aliphatic rings. The van der Waals surface area contributed by atoms with Crippen LogP contribution in [0.15, 0.2) is 42.6 Å². The first kappa shape index (κ1) is 9.96. The van der Waals surface area contributed by atoms with Gasteiger partial charge in [0.15, 0.2) is 5.69 Å². The van der Waals surface area contributed by atoms with E-state index in [9.17, 15) is 4.79 Å². The Kier molecular flexibility index (Phi) is 2.33. The molecule has 17 heavy (non-hydrogen) atoms. The molecule has 0 unspecified atom stereocenters. The topological polar surface area (TPSA) is 46.1 Å². The second kappa shape index (κ2) is 3.97. The molecule has 1 amide bonds. The highest BCUT2D eigenvalue weighted by Gasteiger charge is 2.25. The Morgan fingerprint density at radius 2 is 2.06 bits per heavy atom. The van der Waals surface area contributed by atoms with Gasteiger partial charge in [0.2, 0.25) is 0 Å². The van der Waals surface area contributed by atoms with Crippen LogP contribution >= 0.6 is 0 Å². The molecule has 1 aromatic heterocycles. The number of para-hydroxylation sites is 1. The van der Waals surface area contributed by atoms with Gasteiger partial charge in [0.05, 0.1) is 0 Å². The Bertz CT molecular complexity index is 554. The summed E-state index contributed by atoms with van der Waals surface area (Å²) >= 11 is 0. The van der Waals surface area contributed by atoms with E-state index in [0.717, 1.165) is 18.7 Å². The number of carbonyl (C=O) groups is 1. The van der Waals surface area contributed by atoms with Crippen LogP contribution in [0.5, 0.6) is 0 Å². The molecular weight excluding hydrogens is 214 g/mol. The summed E-state index contributed by atoms with van der Waals surface area (Å²) in [5.41, 5.74) is 2.59. The minimum Gasteiger partial charge on any atom is -0.306 e. The van der Waals surface area contributed by atoms with Crippen LogP contribution < -0.4 is 4.90 Å². The summed E-state index contributed by atoms with van der Waals surface area (Å²) < 4.78 is 0. The SMILES string of the molecule is O=C(c1cccnn1)N1CCc2ccccc21. The van der Waals surface area contributed by atoms with E-state index in [1.807, 2.05) is 18.2 Å². The van der Waals surface area contributed by atoms with Crippen molar-refractivity contribution in [3.8, 4) is 0 Å². The number of amides is 1. The predicted octanol–water partition coefficient (Wildman–Crippen LogP) is 1.68. The van der Waals surface area contributed by atoms with E-state index < -0.39 is 0 Å². The Balaban J connectivity index is 1.95. The number of nitrogens with zero attached hydrogens (tertiary/aromatic N) is 3. The van der Waals surface area contributed by atoms with Gasteiger partial charge >= 0.3 is 0 Å². The molecule has 4 nitrogen and oxygen atoms in total. The predicted molar refractivity (Wildman–Crippen MR) is 63.9 cm³/mol. The van der Waals surface area contributed by atoms with Crippen molar-refractivity contribution >= 4 is 11.6 Å². The Morgan fingerprint density at radius 1 is 1.18 bits per heavy atom. The van der Waals surface area contributed by atoms with Gasteiger partial charge in [-0.3, -0.25) is 4.79 Å². The van der Waals surface area contributed by atoms with Gasteiger partial charge < -0.3 is 4.90 Å². The summed E-state index contributed by atoms with van der Waals surface area (Å²) in [5, 5.41) is 7.59. The van der Waals surface area contributed by atoms with E-state index >= 15 is 0 Å². The molecule has 0 N–H and O–H groups in total. The van der Waals surface area contributed by atoms with Crippen molar-refractivity contribution in [2.75, 3.05) is 11.4 Å². The van der Waals surface area contributed by atoms with Crippen molar-refractivity contribution in [3.63, 3.8) is 0 Å². The van der Waals surface area contributed by atoms with Crippen LogP contribution in [0, 0.1) is 0 Å². The van der Waals surface area contributed by atoms with Crippen molar-refractivity contribution in [2.24, 2.45) is 0 Å². The second-order valence-electron chi connectivity index (χ2n) is 3.94. The van der Waals surface area contributed by atoms with E-state index in [0.29, 0.717) is 5.69 Å². The Labute approximate surface area is 98.9 Å². The van der Waals surface area contributed by atoms with Crippen molar-refractivity contribution < 1.29 is 4.79 Å². The van der Waals surface area contributed by atoms with E-state index in [2.05, 4.69) is 16.3 Å². The molecule has 2 aromatic rings. The molecule has 0 spiro atoms. The van der Waals surface area contributed by atoms with Gasteiger partial charge in [0.1, 0.15) is 0 Å². The summed E-state index contributed by atoms with van der Waals surface area (Å²) in [6, 6.07) is 11.4. The zero-order valence-corrected chi connectivity index (χ0v) is 9.21. The fourth-order valence-corrected chi connectivity index (χ4v) is 2.10. The lowest BCUT2D eigenvalue weighted by molar-refractivity contribution is 0.0983. The number of hydrogen-bond donors (Lipinski definition) is 0. The highest BCUT2D eigenvalue weighted by Crippen LogP contribution is 2.28. The molecule has 84 valence electrons. The molecule has 2 heterocycles. The van der Waals surface area contributed by atoms with Crippen LogP contribution in [-0.2, 0) is 6.42 Å². The van der Waals surface area contributed by atoms with Crippen LogP contribution in [-0.4, -0.2) is 22.6 Å².